The van der Waals surface area contributed by atoms with Crippen molar-refractivity contribution in [3.8, 4) is 0 Å². The normalized spacial score (nSPS) is 11.7. The molecule has 0 bridgehead atoms. The van der Waals surface area contributed by atoms with Crippen molar-refractivity contribution in [1.29, 1.82) is 0 Å². The summed E-state index contributed by atoms with van der Waals surface area (Å²) in [6.07, 6.45) is 0. The Morgan fingerprint density at radius 2 is 1.68 bits per heavy atom. The van der Waals surface area contributed by atoms with Gasteiger partial charge in [0.05, 0.1) is 5.69 Å². The average Bonchev–Trinajstić information content (AvgIpc) is 2.42. The summed E-state index contributed by atoms with van der Waals surface area (Å²) in [5, 5.41) is 5.60. The van der Waals surface area contributed by atoms with Crippen molar-refractivity contribution in [2.75, 3.05) is 10.6 Å². The minimum absolute atomic E-state index is 0.189. The smallest absolute Gasteiger partial charge is 0.246 e. The van der Waals surface area contributed by atoms with Crippen LogP contribution >= 0.6 is 0 Å². The Morgan fingerprint density at radius 1 is 1.05 bits per heavy atom. The molecular weight excluding hydrogens is 243 g/mol. The van der Waals surface area contributed by atoms with Crippen LogP contribution in [0.4, 0.5) is 15.8 Å². The molecule has 0 radical (unpaired) electrons. The minimum atomic E-state index is -0.456. The van der Waals surface area contributed by atoms with Gasteiger partial charge in [-0.15, -0.1) is 0 Å². The third-order valence-corrected chi connectivity index (χ3v) is 2.68. The summed E-state index contributed by atoms with van der Waals surface area (Å²) in [7, 11) is 0. The number of rotatable bonds is 4. The number of hydrogen-bond donors (Lipinski definition) is 2. The standard InChI is InChI=1S/C15H15FN2O/c1-11(17-12-7-3-2-4-8-12)15(19)18-14-10-6-5-9-13(14)16/h2-11,17H,1H3,(H,18,19)/t11-/m0/s1. The number of anilines is 2. The van der Waals surface area contributed by atoms with Crippen LogP contribution in [0.3, 0.4) is 0 Å². The molecule has 1 atom stereocenters. The quantitative estimate of drug-likeness (QED) is 0.883. The van der Waals surface area contributed by atoms with E-state index in [-0.39, 0.29) is 11.6 Å². The first-order valence-corrected chi connectivity index (χ1v) is 6.04. The summed E-state index contributed by atoms with van der Waals surface area (Å²) in [6, 6.07) is 15.0. The lowest BCUT2D eigenvalue weighted by molar-refractivity contribution is -0.116. The Kier molecular flexibility index (Phi) is 4.13. The molecular formula is C15H15FN2O. The van der Waals surface area contributed by atoms with Crippen LogP contribution in [0.2, 0.25) is 0 Å². The molecule has 2 N–H and O–H groups in total. The highest BCUT2D eigenvalue weighted by Gasteiger charge is 2.14. The van der Waals surface area contributed by atoms with Gasteiger partial charge in [0.1, 0.15) is 11.9 Å². The van der Waals surface area contributed by atoms with Crippen molar-refractivity contribution in [3.63, 3.8) is 0 Å². The van der Waals surface area contributed by atoms with E-state index in [4.69, 9.17) is 0 Å². The van der Waals surface area contributed by atoms with Gasteiger partial charge < -0.3 is 10.6 Å². The van der Waals surface area contributed by atoms with Crippen LogP contribution in [0.1, 0.15) is 6.92 Å². The lowest BCUT2D eigenvalue weighted by Crippen LogP contribution is -2.32. The zero-order valence-electron chi connectivity index (χ0n) is 10.6. The van der Waals surface area contributed by atoms with E-state index in [0.717, 1.165) is 5.69 Å². The highest BCUT2D eigenvalue weighted by atomic mass is 19.1. The van der Waals surface area contributed by atoms with Gasteiger partial charge in [0.15, 0.2) is 0 Å². The van der Waals surface area contributed by atoms with Crippen LogP contribution in [0.5, 0.6) is 0 Å². The van der Waals surface area contributed by atoms with E-state index in [9.17, 15) is 9.18 Å². The largest absolute Gasteiger partial charge is 0.374 e. The van der Waals surface area contributed by atoms with E-state index in [0.29, 0.717) is 0 Å². The Labute approximate surface area is 111 Å². The van der Waals surface area contributed by atoms with Crippen LogP contribution in [-0.2, 0) is 4.79 Å². The Bertz CT molecular complexity index is 557. The highest BCUT2D eigenvalue weighted by Crippen LogP contribution is 2.13. The minimum Gasteiger partial charge on any atom is -0.374 e. The number of benzene rings is 2. The maximum atomic E-state index is 13.4. The fourth-order valence-electron chi connectivity index (χ4n) is 1.65. The molecule has 0 saturated carbocycles. The van der Waals surface area contributed by atoms with Gasteiger partial charge in [-0.1, -0.05) is 30.3 Å². The number of halogens is 1. The molecule has 4 heteroatoms. The van der Waals surface area contributed by atoms with E-state index in [1.165, 1.54) is 12.1 Å². The van der Waals surface area contributed by atoms with Gasteiger partial charge in [-0.3, -0.25) is 4.79 Å². The molecule has 1 amide bonds. The molecule has 19 heavy (non-hydrogen) atoms. The SMILES string of the molecule is C[C@H](Nc1ccccc1)C(=O)Nc1ccccc1F. The second-order valence-electron chi connectivity index (χ2n) is 4.20. The molecule has 0 heterocycles. The second-order valence-corrected chi connectivity index (χ2v) is 4.20. The summed E-state index contributed by atoms with van der Waals surface area (Å²) in [5.41, 5.74) is 1.04. The lowest BCUT2D eigenvalue weighted by atomic mass is 10.2. The van der Waals surface area contributed by atoms with Crippen molar-refractivity contribution in [2.45, 2.75) is 13.0 Å². The topological polar surface area (TPSA) is 41.1 Å². The van der Waals surface area contributed by atoms with Crippen molar-refractivity contribution >= 4 is 17.3 Å². The Balaban J connectivity index is 1.99. The van der Waals surface area contributed by atoms with Crippen molar-refractivity contribution in [2.24, 2.45) is 0 Å². The number of nitrogens with one attached hydrogen (secondary N) is 2. The molecule has 0 saturated heterocycles. The summed E-state index contributed by atoms with van der Waals surface area (Å²) >= 11 is 0. The van der Waals surface area contributed by atoms with Gasteiger partial charge in [-0.2, -0.15) is 0 Å². The summed E-state index contributed by atoms with van der Waals surface area (Å²) in [6.45, 7) is 1.73. The summed E-state index contributed by atoms with van der Waals surface area (Å²) in [4.78, 5) is 11.9. The zero-order valence-corrected chi connectivity index (χ0v) is 10.6. The number of para-hydroxylation sites is 2. The van der Waals surface area contributed by atoms with E-state index in [1.807, 2.05) is 30.3 Å². The van der Waals surface area contributed by atoms with Crippen LogP contribution in [-0.4, -0.2) is 11.9 Å². The van der Waals surface area contributed by atoms with E-state index in [1.54, 1.807) is 19.1 Å². The highest BCUT2D eigenvalue weighted by molar-refractivity contribution is 5.96. The third-order valence-electron chi connectivity index (χ3n) is 2.68. The van der Waals surface area contributed by atoms with Gasteiger partial charge in [-0.05, 0) is 31.2 Å². The molecule has 0 aliphatic carbocycles. The van der Waals surface area contributed by atoms with Crippen molar-refractivity contribution in [1.82, 2.24) is 0 Å². The molecule has 0 aromatic heterocycles. The molecule has 0 unspecified atom stereocenters. The molecule has 0 aliphatic heterocycles. The van der Waals surface area contributed by atoms with Gasteiger partial charge in [-0.25, -0.2) is 4.39 Å². The molecule has 3 nitrogen and oxygen atoms in total. The van der Waals surface area contributed by atoms with E-state index < -0.39 is 11.9 Å². The maximum Gasteiger partial charge on any atom is 0.246 e. The van der Waals surface area contributed by atoms with Crippen LogP contribution in [0, 0.1) is 5.82 Å². The first kappa shape index (κ1) is 13.1. The third kappa shape index (κ3) is 3.55. The molecule has 2 rings (SSSR count). The second kappa shape index (κ2) is 6.00. The van der Waals surface area contributed by atoms with E-state index in [2.05, 4.69) is 10.6 Å². The maximum absolute atomic E-state index is 13.4. The molecule has 0 aliphatic rings. The Hall–Kier alpha value is -2.36. The van der Waals surface area contributed by atoms with Gasteiger partial charge in [0.25, 0.3) is 0 Å². The predicted molar refractivity (Wildman–Crippen MR) is 74.6 cm³/mol. The first-order chi connectivity index (χ1) is 9.16. The lowest BCUT2D eigenvalue weighted by Gasteiger charge is -2.15. The van der Waals surface area contributed by atoms with Gasteiger partial charge in [0.2, 0.25) is 5.91 Å². The molecule has 98 valence electrons. The number of carbonyl (C=O) groups is 1. The fraction of sp³-hybridized carbons (Fsp3) is 0.133. The molecule has 2 aromatic carbocycles. The predicted octanol–water partition coefficient (Wildman–Crippen LogP) is 3.26. The number of carbonyl (C=O) groups excluding carboxylic acids is 1. The van der Waals surface area contributed by atoms with Gasteiger partial charge in [0, 0.05) is 5.69 Å². The van der Waals surface area contributed by atoms with Crippen LogP contribution < -0.4 is 10.6 Å². The summed E-state index contributed by atoms with van der Waals surface area (Å²) in [5.74, 6) is -0.725. The van der Waals surface area contributed by atoms with Crippen LogP contribution in [0.25, 0.3) is 0 Å². The number of amides is 1. The zero-order chi connectivity index (χ0) is 13.7. The molecule has 0 fully saturated rings. The number of hydrogen-bond acceptors (Lipinski definition) is 2. The van der Waals surface area contributed by atoms with Crippen molar-refractivity contribution < 1.29 is 9.18 Å². The molecule has 2 aromatic rings. The average molecular weight is 258 g/mol. The van der Waals surface area contributed by atoms with Crippen molar-refractivity contribution in [3.05, 3.63) is 60.4 Å². The first-order valence-electron chi connectivity index (χ1n) is 6.04. The van der Waals surface area contributed by atoms with Gasteiger partial charge >= 0.3 is 0 Å². The summed E-state index contributed by atoms with van der Waals surface area (Å²) < 4.78 is 13.4. The van der Waals surface area contributed by atoms with E-state index >= 15 is 0 Å². The Morgan fingerprint density at radius 3 is 2.37 bits per heavy atom. The van der Waals surface area contributed by atoms with Crippen LogP contribution in [0.15, 0.2) is 54.6 Å². The monoisotopic (exact) mass is 258 g/mol. The fourth-order valence-corrected chi connectivity index (χ4v) is 1.65. The molecule has 0 spiro atoms.